The largest absolute Gasteiger partial charge is 0.345 e. The Morgan fingerprint density at radius 3 is 1.80 bits per heavy atom. The van der Waals surface area contributed by atoms with Crippen LogP contribution in [0.2, 0.25) is 0 Å². The van der Waals surface area contributed by atoms with Crippen LogP contribution in [0.15, 0.2) is 36.0 Å². The van der Waals surface area contributed by atoms with E-state index < -0.39 is 0 Å². The van der Waals surface area contributed by atoms with E-state index in [1.165, 1.54) is 5.57 Å². The van der Waals surface area contributed by atoms with E-state index in [1.54, 1.807) is 0 Å². The van der Waals surface area contributed by atoms with E-state index in [-0.39, 0.29) is 6.29 Å². The van der Waals surface area contributed by atoms with Crippen molar-refractivity contribution in [3.63, 3.8) is 0 Å². The van der Waals surface area contributed by atoms with Crippen molar-refractivity contribution in [2.24, 2.45) is 0 Å². The maximum absolute atomic E-state index is 5.52. The van der Waals surface area contributed by atoms with Gasteiger partial charge in [-0.05, 0) is 33.8 Å². The molecule has 2 heteroatoms. The Balaban J connectivity index is 4.00. The van der Waals surface area contributed by atoms with Gasteiger partial charge in [-0.1, -0.05) is 29.9 Å². The van der Waals surface area contributed by atoms with E-state index in [1.807, 2.05) is 58.1 Å². The topological polar surface area (TPSA) is 18.5 Å². The zero-order valence-corrected chi connectivity index (χ0v) is 10.2. The summed E-state index contributed by atoms with van der Waals surface area (Å²) in [6.07, 6.45) is 9.59. The normalized spacial score (nSPS) is 13.6. The molecule has 0 amide bonds. The second kappa shape index (κ2) is 9.69. The van der Waals surface area contributed by atoms with E-state index in [9.17, 15) is 0 Å². The Morgan fingerprint density at radius 1 is 1.00 bits per heavy atom. The predicted octanol–water partition coefficient (Wildman–Crippen LogP) is 3.46. The zero-order chi connectivity index (χ0) is 11.5. The van der Waals surface area contributed by atoms with Crippen molar-refractivity contribution in [2.75, 3.05) is 13.2 Å². The third-order valence-corrected chi connectivity index (χ3v) is 1.65. The molecule has 0 aliphatic carbocycles. The highest BCUT2D eigenvalue weighted by Crippen LogP contribution is 2.02. The van der Waals surface area contributed by atoms with Gasteiger partial charge in [0.1, 0.15) is 0 Å². The highest BCUT2D eigenvalue weighted by Gasteiger charge is 2.03. The molecule has 2 nitrogen and oxygen atoms in total. The van der Waals surface area contributed by atoms with E-state index in [4.69, 9.17) is 9.47 Å². The maximum Gasteiger partial charge on any atom is 0.177 e. The van der Waals surface area contributed by atoms with Crippen LogP contribution in [-0.4, -0.2) is 19.5 Å². The van der Waals surface area contributed by atoms with Crippen molar-refractivity contribution >= 4 is 0 Å². The quantitative estimate of drug-likeness (QED) is 0.473. The van der Waals surface area contributed by atoms with Gasteiger partial charge in [-0.15, -0.1) is 0 Å². The van der Waals surface area contributed by atoms with Gasteiger partial charge in [-0.2, -0.15) is 0 Å². The molecular weight excluding hydrogens is 188 g/mol. The Morgan fingerprint density at radius 2 is 1.47 bits per heavy atom. The SMILES string of the molecule is CC=CCOC(C=C(C)C)OCC=CC. The van der Waals surface area contributed by atoms with Gasteiger partial charge in [0.25, 0.3) is 0 Å². The summed E-state index contributed by atoms with van der Waals surface area (Å²) >= 11 is 0. The molecule has 0 aromatic heterocycles. The lowest BCUT2D eigenvalue weighted by atomic mass is 10.3. The monoisotopic (exact) mass is 210 g/mol. The number of allylic oxidation sites excluding steroid dienone is 3. The second-order valence-corrected chi connectivity index (χ2v) is 3.42. The average molecular weight is 210 g/mol. The van der Waals surface area contributed by atoms with Gasteiger partial charge in [0.15, 0.2) is 6.29 Å². The number of rotatable bonds is 7. The Hall–Kier alpha value is -0.860. The molecule has 0 spiro atoms. The van der Waals surface area contributed by atoms with Crippen molar-refractivity contribution in [1.82, 2.24) is 0 Å². The van der Waals surface area contributed by atoms with Crippen LogP contribution in [0.5, 0.6) is 0 Å². The molecule has 0 rings (SSSR count). The fraction of sp³-hybridized carbons (Fsp3) is 0.538. The summed E-state index contributed by atoms with van der Waals surface area (Å²) in [7, 11) is 0. The molecule has 0 saturated heterocycles. The Bertz CT molecular complexity index is 207. The molecule has 0 aromatic rings. The zero-order valence-electron chi connectivity index (χ0n) is 10.2. The van der Waals surface area contributed by atoms with Gasteiger partial charge in [-0.3, -0.25) is 0 Å². The van der Waals surface area contributed by atoms with Gasteiger partial charge >= 0.3 is 0 Å². The van der Waals surface area contributed by atoms with Gasteiger partial charge in [0, 0.05) is 0 Å². The maximum atomic E-state index is 5.52. The molecule has 0 N–H and O–H groups in total. The fourth-order valence-electron chi connectivity index (χ4n) is 0.910. The molecule has 0 bridgehead atoms. The summed E-state index contributed by atoms with van der Waals surface area (Å²) in [4.78, 5) is 0. The third-order valence-electron chi connectivity index (χ3n) is 1.65. The summed E-state index contributed by atoms with van der Waals surface area (Å²) in [5.74, 6) is 0. The first-order valence-electron chi connectivity index (χ1n) is 5.31. The minimum absolute atomic E-state index is 0.248. The van der Waals surface area contributed by atoms with Crippen molar-refractivity contribution in [2.45, 2.75) is 34.0 Å². The molecule has 0 atom stereocenters. The average Bonchev–Trinajstić information content (AvgIpc) is 2.17. The number of ether oxygens (including phenoxy) is 2. The predicted molar refractivity (Wildman–Crippen MR) is 64.8 cm³/mol. The van der Waals surface area contributed by atoms with E-state index in [2.05, 4.69) is 0 Å². The van der Waals surface area contributed by atoms with Gasteiger partial charge in [-0.25, -0.2) is 0 Å². The Labute approximate surface area is 93.3 Å². The standard InChI is InChI=1S/C13H22O2/c1-5-7-9-14-13(11-12(3)4)15-10-8-6-2/h5-8,11,13H,9-10H2,1-4H3. The van der Waals surface area contributed by atoms with Gasteiger partial charge < -0.3 is 9.47 Å². The van der Waals surface area contributed by atoms with Crippen molar-refractivity contribution in [3.8, 4) is 0 Å². The van der Waals surface area contributed by atoms with Gasteiger partial charge in [0.2, 0.25) is 0 Å². The van der Waals surface area contributed by atoms with E-state index in [0.717, 1.165) is 0 Å². The summed E-state index contributed by atoms with van der Waals surface area (Å²) < 4.78 is 11.0. The molecular formula is C13H22O2. The number of hydrogen-bond donors (Lipinski definition) is 0. The van der Waals surface area contributed by atoms with Crippen LogP contribution < -0.4 is 0 Å². The minimum atomic E-state index is -0.248. The van der Waals surface area contributed by atoms with Crippen LogP contribution in [0.25, 0.3) is 0 Å². The van der Waals surface area contributed by atoms with Crippen molar-refractivity contribution in [1.29, 1.82) is 0 Å². The summed E-state index contributed by atoms with van der Waals surface area (Å²) in [5, 5.41) is 0. The fourth-order valence-corrected chi connectivity index (χ4v) is 0.910. The highest BCUT2D eigenvalue weighted by molar-refractivity contribution is 4.96. The summed E-state index contributed by atoms with van der Waals surface area (Å²) in [5.41, 5.74) is 1.20. The molecule has 0 aromatic carbocycles. The lowest BCUT2D eigenvalue weighted by molar-refractivity contribution is -0.0940. The molecule has 0 saturated carbocycles. The molecule has 15 heavy (non-hydrogen) atoms. The van der Waals surface area contributed by atoms with Crippen LogP contribution >= 0.6 is 0 Å². The molecule has 86 valence electrons. The minimum Gasteiger partial charge on any atom is -0.345 e. The third kappa shape index (κ3) is 9.44. The smallest absolute Gasteiger partial charge is 0.177 e. The van der Waals surface area contributed by atoms with Crippen LogP contribution in [0.3, 0.4) is 0 Å². The molecule has 0 radical (unpaired) electrons. The van der Waals surface area contributed by atoms with Crippen molar-refractivity contribution in [3.05, 3.63) is 36.0 Å². The van der Waals surface area contributed by atoms with E-state index >= 15 is 0 Å². The highest BCUT2D eigenvalue weighted by atomic mass is 16.7. The Kier molecular flexibility index (Phi) is 9.13. The van der Waals surface area contributed by atoms with Crippen LogP contribution in [-0.2, 0) is 9.47 Å². The molecule has 0 aliphatic rings. The van der Waals surface area contributed by atoms with Crippen LogP contribution in [0, 0.1) is 0 Å². The lowest BCUT2D eigenvalue weighted by Crippen LogP contribution is -2.15. The van der Waals surface area contributed by atoms with E-state index in [0.29, 0.717) is 13.2 Å². The molecule has 0 heterocycles. The first kappa shape index (κ1) is 14.1. The summed E-state index contributed by atoms with van der Waals surface area (Å²) in [6, 6.07) is 0. The first-order valence-corrected chi connectivity index (χ1v) is 5.31. The van der Waals surface area contributed by atoms with Crippen molar-refractivity contribution < 1.29 is 9.47 Å². The molecule has 0 unspecified atom stereocenters. The summed E-state index contributed by atoms with van der Waals surface area (Å²) in [6.45, 7) is 9.18. The van der Waals surface area contributed by atoms with Gasteiger partial charge in [0.05, 0.1) is 13.2 Å². The van der Waals surface area contributed by atoms with Crippen LogP contribution in [0.4, 0.5) is 0 Å². The molecule has 0 aliphatic heterocycles. The lowest BCUT2D eigenvalue weighted by Gasteiger charge is -2.13. The number of hydrogen-bond acceptors (Lipinski definition) is 2. The van der Waals surface area contributed by atoms with Crippen LogP contribution in [0.1, 0.15) is 27.7 Å². The second-order valence-electron chi connectivity index (χ2n) is 3.42. The first-order chi connectivity index (χ1) is 7.20. The molecule has 0 fully saturated rings.